The van der Waals surface area contributed by atoms with Gasteiger partial charge in [0.05, 0.1) is 19.6 Å². The van der Waals surface area contributed by atoms with Gasteiger partial charge in [0, 0.05) is 38.7 Å². The molecule has 1 atom stereocenters. The Morgan fingerprint density at radius 2 is 2.00 bits per heavy atom. The van der Waals surface area contributed by atoms with E-state index in [2.05, 4.69) is 27.0 Å². The highest BCUT2D eigenvalue weighted by Gasteiger charge is 2.18. The van der Waals surface area contributed by atoms with Gasteiger partial charge in [-0.1, -0.05) is 24.3 Å². The van der Waals surface area contributed by atoms with Crippen LogP contribution in [0.5, 0.6) is 5.75 Å². The van der Waals surface area contributed by atoms with E-state index < -0.39 is 0 Å². The van der Waals surface area contributed by atoms with Gasteiger partial charge in [-0.2, -0.15) is 0 Å². The number of carbonyl (C=O) groups excluding carboxylic acids is 1. The maximum atomic E-state index is 13.2. The Morgan fingerprint density at radius 3 is 2.73 bits per heavy atom. The van der Waals surface area contributed by atoms with Gasteiger partial charge in [-0.05, 0) is 36.2 Å². The molecule has 0 saturated carbocycles. The van der Waals surface area contributed by atoms with Crippen molar-refractivity contribution in [1.29, 1.82) is 0 Å². The average molecular weight is 570 g/mol. The fourth-order valence-corrected chi connectivity index (χ4v) is 3.38. The molecule has 1 aliphatic rings. The third kappa shape index (κ3) is 9.17. The predicted octanol–water partition coefficient (Wildman–Crippen LogP) is 2.94. The van der Waals surface area contributed by atoms with Gasteiger partial charge >= 0.3 is 0 Å². The maximum absolute atomic E-state index is 13.2. The van der Waals surface area contributed by atoms with Crippen molar-refractivity contribution in [2.24, 2.45) is 4.99 Å². The van der Waals surface area contributed by atoms with Crippen LogP contribution in [0.3, 0.4) is 0 Å². The van der Waals surface area contributed by atoms with E-state index in [9.17, 15) is 9.18 Å². The number of hydrogen-bond acceptors (Lipinski definition) is 4. The molecule has 0 radical (unpaired) electrons. The minimum atomic E-state index is -0.342. The van der Waals surface area contributed by atoms with E-state index in [0.717, 1.165) is 29.9 Å². The minimum absolute atomic E-state index is 0. The summed E-state index contributed by atoms with van der Waals surface area (Å²) in [6.07, 6.45) is 1.13. The number of benzene rings is 2. The molecule has 1 amide bonds. The molecule has 1 heterocycles. The second-order valence-electron chi connectivity index (χ2n) is 7.72. The Morgan fingerprint density at radius 1 is 1.18 bits per heavy atom. The van der Waals surface area contributed by atoms with E-state index in [1.54, 1.807) is 19.2 Å². The molecule has 1 unspecified atom stereocenters. The summed E-state index contributed by atoms with van der Waals surface area (Å²) in [5, 5.41) is 9.27. The van der Waals surface area contributed by atoms with Crippen molar-refractivity contribution in [3.05, 3.63) is 65.0 Å². The van der Waals surface area contributed by atoms with E-state index in [4.69, 9.17) is 9.47 Å². The monoisotopic (exact) mass is 570 g/mol. The van der Waals surface area contributed by atoms with Gasteiger partial charge in [-0.15, -0.1) is 24.0 Å². The van der Waals surface area contributed by atoms with Crippen LogP contribution in [0, 0.1) is 12.7 Å². The van der Waals surface area contributed by atoms with Gasteiger partial charge in [0.15, 0.2) is 5.96 Å². The van der Waals surface area contributed by atoms with Gasteiger partial charge in [-0.3, -0.25) is 9.79 Å². The zero-order valence-electron chi connectivity index (χ0n) is 19.0. The van der Waals surface area contributed by atoms with Crippen LogP contribution in [0.15, 0.2) is 47.5 Å². The standard InChI is InChI=1S/C24H31FN4O3.HI/c1-17-6-7-19(22(12-17)32-21-8-11-31-16-21)15-29-24(26-2)28-10-9-27-23(30)14-18-4-3-5-20(25)13-18;/h3-7,12-13,21H,8-11,14-16H2,1-2H3,(H,27,30)(H2,26,28,29);1H. The first-order valence-electron chi connectivity index (χ1n) is 10.8. The average Bonchev–Trinajstić information content (AvgIpc) is 3.27. The third-order valence-electron chi connectivity index (χ3n) is 5.07. The molecule has 3 rings (SSSR count). The summed E-state index contributed by atoms with van der Waals surface area (Å²) in [5.74, 6) is 0.983. The number of nitrogens with one attached hydrogen (secondary N) is 3. The molecule has 1 aliphatic heterocycles. The van der Waals surface area contributed by atoms with Crippen LogP contribution in [0.2, 0.25) is 0 Å². The van der Waals surface area contributed by atoms with Crippen LogP contribution >= 0.6 is 24.0 Å². The third-order valence-corrected chi connectivity index (χ3v) is 5.07. The molecule has 0 aliphatic carbocycles. The number of hydrogen-bond donors (Lipinski definition) is 3. The summed E-state index contributed by atoms with van der Waals surface area (Å²) in [6.45, 7) is 4.88. The van der Waals surface area contributed by atoms with Gasteiger partial charge in [0.25, 0.3) is 0 Å². The lowest BCUT2D eigenvalue weighted by atomic mass is 10.1. The van der Waals surface area contributed by atoms with E-state index in [0.29, 0.717) is 37.8 Å². The van der Waals surface area contributed by atoms with E-state index in [-0.39, 0.29) is 48.2 Å². The largest absolute Gasteiger partial charge is 0.488 e. The van der Waals surface area contributed by atoms with Crippen molar-refractivity contribution >= 4 is 35.8 Å². The Bertz CT molecular complexity index is 936. The Labute approximate surface area is 211 Å². The number of ether oxygens (including phenoxy) is 2. The number of guanidine groups is 1. The Hall–Kier alpha value is -2.40. The lowest BCUT2D eigenvalue weighted by molar-refractivity contribution is -0.120. The molecule has 0 bridgehead atoms. The molecular weight excluding hydrogens is 538 g/mol. The van der Waals surface area contributed by atoms with Crippen molar-refractivity contribution in [3.63, 3.8) is 0 Å². The highest BCUT2D eigenvalue weighted by atomic mass is 127. The smallest absolute Gasteiger partial charge is 0.224 e. The Balaban J connectivity index is 0.00000385. The molecule has 33 heavy (non-hydrogen) atoms. The van der Waals surface area contributed by atoms with E-state index in [1.165, 1.54) is 12.1 Å². The molecular formula is C24H32FIN4O3. The number of halogens is 2. The van der Waals surface area contributed by atoms with Crippen LogP contribution in [0.4, 0.5) is 4.39 Å². The lowest BCUT2D eigenvalue weighted by Crippen LogP contribution is -2.41. The molecule has 2 aromatic rings. The molecule has 0 spiro atoms. The molecule has 180 valence electrons. The van der Waals surface area contributed by atoms with Gasteiger partial charge in [0.1, 0.15) is 17.7 Å². The molecule has 2 aromatic carbocycles. The predicted molar refractivity (Wildman–Crippen MR) is 138 cm³/mol. The normalized spacial score (nSPS) is 15.5. The highest BCUT2D eigenvalue weighted by molar-refractivity contribution is 14.0. The molecule has 0 aromatic heterocycles. The summed E-state index contributed by atoms with van der Waals surface area (Å²) in [6, 6.07) is 12.2. The van der Waals surface area contributed by atoms with Gasteiger partial charge in [0.2, 0.25) is 5.91 Å². The molecule has 1 saturated heterocycles. The summed E-state index contributed by atoms with van der Waals surface area (Å²) < 4.78 is 24.8. The first-order chi connectivity index (χ1) is 15.5. The second-order valence-corrected chi connectivity index (χ2v) is 7.72. The number of carbonyl (C=O) groups is 1. The zero-order chi connectivity index (χ0) is 22.8. The summed E-state index contributed by atoms with van der Waals surface area (Å²) in [7, 11) is 1.69. The molecule has 1 fully saturated rings. The van der Waals surface area contributed by atoms with Gasteiger partial charge in [-0.25, -0.2) is 4.39 Å². The summed E-state index contributed by atoms with van der Waals surface area (Å²) in [4.78, 5) is 16.3. The number of amides is 1. The topological polar surface area (TPSA) is 84.0 Å². The molecule has 9 heteroatoms. The second kappa shape index (κ2) is 14.0. The van der Waals surface area contributed by atoms with Crippen molar-refractivity contribution < 1.29 is 18.7 Å². The maximum Gasteiger partial charge on any atom is 0.224 e. The van der Waals surface area contributed by atoms with Gasteiger partial charge < -0.3 is 25.4 Å². The highest BCUT2D eigenvalue weighted by Crippen LogP contribution is 2.23. The van der Waals surface area contributed by atoms with Crippen LogP contribution in [-0.2, 0) is 22.5 Å². The Kier molecular flexibility index (Phi) is 11.4. The first kappa shape index (κ1) is 26.8. The van der Waals surface area contributed by atoms with Crippen molar-refractivity contribution in [2.45, 2.75) is 32.4 Å². The fourth-order valence-electron chi connectivity index (χ4n) is 3.38. The zero-order valence-corrected chi connectivity index (χ0v) is 21.4. The van der Waals surface area contributed by atoms with Crippen LogP contribution in [0.25, 0.3) is 0 Å². The fraction of sp³-hybridized carbons (Fsp3) is 0.417. The number of rotatable bonds is 9. The molecule has 7 nitrogen and oxygen atoms in total. The van der Waals surface area contributed by atoms with E-state index >= 15 is 0 Å². The van der Waals surface area contributed by atoms with Crippen LogP contribution in [0.1, 0.15) is 23.1 Å². The SMILES string of the molecule is CN=C(NCCNC(=O)Cc1cccc(F)c1)NCc1ccc(C)cc1OC1CCOC1.I. The van der Waals surface area contributed by atoms with Crippen molar-refractivity contribution in [1.82, 2.24) is 16.0 Å². The number of aliphatic imine (C=N–C) groups is 1. The molecule has 3 N–H and O–H groups in total. The summed E-state index contributed by atoms with van der Waals surface area (Å²) in [5.41, 5.74) is 2.82. The lowest BCUT2D eigenvalue weighted by Gasteiger charge is -2.18. The van der Waals surface area contributed by atoms with Crippen molar-refractivity contribution in [2.75, 3.05) is 33.4 Å². The number of nitrogens with zero attached hydrogens (tertiary/aromatic N) is 1. The minimum Gasteiger partial charge on any atom is -0.488 e. The van der Waals surface area contributed by atoms with Crippen LogP contribution < -0.4 is 20.7 Å². The van der Waals surface area contributed by atoms with Crippen molar-refractivity contribution in [3.8, 4) is 5.75 Å². The van der Waals surface area contributed by atoms with Crippen LogP contribution in [-0.4, -0.2) is 51.3 Å². The first-order valence-corrected chi connectivity index (χ1v) is 10.8. The quantitative estimate of drug-likeness (QED) is 0.187. The van der Waals surface area contributed by atoms with E-state index in [1.807, 2.05) is 19.1 Å². The number of aryl methyl sites for hydroxylation is 1. The summed E-state index contributed by atoms with van der Waals surface area (Å²) >= 11 is 0.